The molecule has 3 rings (SSSR count). The van der Waals surface area contributed by atoms with E-state index in [0.717, 1.165) is 24.9 Å². The van der Waals surface area contributed by atoms with Crippen LogP contribution in [0.1, 0.15) is 24.0 Å². The molecule has 2 aromatic rings. The summed E-state index contributed by atoms with van der Waals surface area (Å²) in [6, 6.07) is 17.2. The zero-order valence-electron chi connectivity index (χ0n) is 15.1. The van der Waals surface area contributed by atoms with Gasteiger partial charge in [0.2, 0.25) is 5.91 Å². The quantitative estimate of drug-likeness (QED) is 0.691. The fourth-order valence-electron chi connectivity index (χ4n) is 3.00. The third-order valence-electron chi connectivity index (χ3n) is 4.52. The van der Waals surface area contributed by atoms with Crippen molar-refractivity contribution in [2.45, 2.75) is 38.5 Å². The van der Waals surface area contributed by atoms with Crippen molar-refractivity contribution < 1.29 is 18.3 Å². The number of amides is 1. The average molecular weight is 374 g/mol. The third-order valence-corrected chi connectivity index (χ3v) is 4.52. The summed E-state index contributed by atoms with van der Waals surface area (Å²) in [4.78, 5) is 14.5. The Morgan fingerprint density at radius 2 is 1.78 bits per heavy atom. The number of ether oxygens (including phenoxy) is 1. The SMILES string of the molecule is O=C(CN(Cc1ccccc1)C1CC1)NCCc1ccc(OC(F)F)cc1. The number of rotatable bonds is 10. The van der Waals surface area contributed by atoms with Gasteiger partial charge in [-0.25, -0.2) is 0 Å². The Hall–Kier alpha value is -2.47. The Morgan fingerprint density at radius 3 is 2.41 bits per heavy atom. The number of nitrogens with zero attached hydrogens (tertiary/aromatic N) is 1. The molecule has 2 aromatic carbocycles. The van der Waals surface area contributed by atoms with Crippen LogP contribution >= 0.6 is 0 Å². The summed E-state index contributed by atoms with van der Waals surface area (Å²) >= 11 is 0. The number of carbonyl (C=O) groups excluding carboxylic acids is 1. The third kappa shape index (κ3) is 6.64. The lowest BCUT2D eigenvalue weighted by Crippen LogP contribution is -2.38. The molecule has 0 radical (unpaired) electrons. The van der Waals surface area contributed by atoms with E-state index in [-0.39, 0.29) is 11.7 Å². The van der Waals surface area contributed by atoms with Gasteiger partial charge in [0.25, 0.3) is 0 Å². The molecule has 0 spiro atoms. The highest BCUT2D eigenvalue weighted by molar-refractivity contribution is 5.78. The Morgan fingerprint density at radius 1 is 1.07 bits per heavy atom. The molecule has 4 nitrogen and oxygen atoms in total. The number of carbonyl (C=O) groups is 1. The highest BCUT2D eigenvalue weighted by atomic mass is 19.3. The Kier molecular flexibility index (Phi) is 6.76. The first-order valence-corrected chi connectivity index (χ1v) is 9.18. The Balaban J connectivity index is 1.42. The van der Waals surface area contributed by atoms with Gasteiger partial charge in [0.05, 0.1) is 6.54 Å². The van der Waals surface area contributed by atoms with Crippen molar-refractivity contribution in [3.05, 3.63) is 65.7 Å². The number of halogens is 2. The smallest absolute Gasteiger partial charge is 0.387 e. The Labute approximate surface area is 158 Å². The van der Waals surface area contributed by atoms with Crippen molar-refractivity contribution in [3.63, 3.8) is 0 Å². The maximum Gasteiger partial charge on any atom is 0.387 e. The topological polar surface area (TPSA) is 41.6 Å². The second-order valence-corrected chi connectivity index (χ2v) is 6.74. The summed E-state index contributed by atoms with van der Waals surface area (Å²) in [6.45, 7) is -1.14. The molecule has 1 aliphatic rings. The predicted octanol–water partition coefficient (Wildman–Crippen LogP) is 3.61. The van der Waals surface area contributed by atoms with E-state index in [0.29, 0.717) is 25.6 Å². The zero-order chi connectivity index (χ0) is 19.1. The van der Waals surface area contributed by atoms with Gasteiger partial charge in [-0.2, -0.15) is 8.78 Å². The second-order valence-electron chi connectivity index (χ2n) is 6.74. The molecular formula is C21H24F2N2O2. The first kappa shape index (κ1) is 19.3. The van der Waals surface area contributed by atoms with Crippen molar-refractivity contribution >= 4 is 5.91 Å². The molecule has 1 saturated carbocycles. The van der Waals surface area contributed by atoms with Gasteiger partial charge in [0.15, 0.2) is 0 Å². The van der Waals surface area contributed by atoms with E-state index in [2.05, 4.69) is 27.1 Å². The van der Waals surface area contributed by atoms with Gasteiger partial charge in [0, 0.05) is 19.1 Å². The van der Waals surface area contributed by atoms with Gasteiger partial charge in [0.1, 0.15) is 5.75 Å². The summed E-state index contributed by atoms with van der Waals surface area (Å²) in [5, 5.41) is 2.95. The summed E-state index contributed by atoms with van der Waals surface area (Å²) in [5.74, 6) is 0.147. The molecule has 6 heteroatoms. The van der Waals surface area contributed by atoms with Crippen LogP contribution < -0.4 is 10.1 Å². The van der Waals surface area contributed by atoms with E-state index in [1.807, 2.05) is 18.2 Å². The van der Waals surface area contributed by atoms with Gasteiger partial charge < -0.3 is 10.1 Å². The molecule has 1 amide bonds. The molecule has 0 heterocycles. The Bertz CT molecular complexity index is 719. The summed E-state index contributed by atoms with van der Waals surface area (Å²) < 4.78 is 28.6. The maximum absolute atomic E-state index is 12.3. The highest BCUT2D eigenvalue weighted by Gasteiger charge is 2.30. The van der Waals surface area contributed by atoms with Crippen molar-refractivity contribution in [3.8, 4) is 5.75 Å². The molecule has 27 heavy (non-hydrogen) atoms. The molecule has 0 aliphatic heterocycles. The normalized spacial score (nSPS) is 13.8. The average Bonchev–Trinajstić information content (AvgIpc) is 3.48. The summed E-state index contributed by atoms with van der Waals surface area (Å²) in [5.41, 5.74) is 2.17. The monoisotopic (exact) mass is 374 g/mol. The van der Waals surface area contributed by atoms with Crippen LogP contribution in [0, 0.1) is 0 Å². The number of nitrogens with one attached hydrogen (secondary N) is 1. The number of hydrogen-bond acceptors (Lipinski definition) is 3. The van der Waals surface area contributed by atoms with Crippen LogP contribution in [0.15, 0.2) is 54.6 Å². The molecule has 0 unspecified atom stereocenters. The van der Waals surface area contributed by atoms with E-state index < -0.39 is 6.61 Å². The lowest BCUT2D eigenvalue weighted by Gasteiger charge is -2.21. The van der Waals surface area contributed by atoms with Crippen LogP contribution in [-0.2, 0) is 17.8 Å². The van der Waals surface area contributed by atoms with E-state index >= 15 is 0 Å². The fourth-order valence-corrected chi connectivity index (χ4v) is 3.00. The molecule has 0 bridgehead atoms. The first-order chi connectivity index (χ1) is 13.1. The molecule has 144 valence electrons. The predicted molar refractivity (Wildman–Crippen MR) is 99.7 cm³/mol. The van der Waals surface area contributed by atoms with Crippen LogP contribution in [0.2, 0.25) is 0 Å². The second kappa shape index (κ2) is 9.46. The van der Waals surface area contributed by atoms with Crippen LogP contribution in [0.25, 0.3) is 0 Å². The molecule has 1 aliphatic carbocycles. The standard InChI is InChI=1S/C21H24F2N2O2/c22-21(23)27-19-10-6-16(7-11-19)12-13-24-20(26)15-25(18-8-9-18)14-17-4-2-1-3-5-17/h1-7,10-11,18,21H,8-9,12-15H2,(H,24,26). The van der Waals surface area contributed by atoms with Gasteiger partial charge >= 0.3 is 6.61 Å². The molecular weight excluding hydrogens is 350 g/mol. The number of benzene rings is 2. The van der Waals surface area contributed by atoms with Gasteiger partial charge in [-0.15, -0.1) is 0 Å². The highest BCUT2D eigenvalue weighted by Crippen LogP contribution is 2.28. The summed E-state index contributed by atoms with van der Waals surface area (Å²) in [7, 11) is 0. The van der Waals surface area contributed by atoms with E-state index in [1.54, 1.807) is 12.1 Å². The van der Waals surface area contributed by atoms with Crippen LogP contribution in [0.4, 0.5) is 8.78 Å². The lowest BCUT2D eigenvalue weighted by molar-refractivity contribution is -0.122. The zero-order valence-corrected chi connectivity index (χ0v) is 15.1. The minimum Gasteiger partial charge on any atom is -0.435 e. The lowest BCUT2D eigenvalue weighted by atomic mass is 10.1. The van der Waals surface area contributed by atoms with Crippen molar-refractivity contribution in [1.29, 1.82) is 0 Å². The van der Waals surface area contributed by atoms with E-state index in [4.69, 9.17) is 0 Å². The minimum atomic E-state index is -2.82. The maximum atomic E-state index is 12.3. The van der Waals surface area contributed by atoms with E-state index in [9.17, 15) is 13.6 Å². The van der Waals surface area contributed by atoms with Crippen LogP contribution in [-0.4, -0.2) is 36.5 Å². The van der Waals surface area contributed by atoms with Crippen molar-refractivity contribution in [2.24, 2.45) is 0 Å². The number of hydrogen-bond donors (Lipinski definition) is 1. The van der Waals surface area contributed by atoms with Crippen LogP contribution in [0.3, 0.4) is 0 Å². The van der Waals surface area contributed by atoms with Crippen molar-refractivity contribution in [1.82, 2.24) is 10.2 Å². The van der Waals surface area contributed by atoms with Crippen LogP contribution in [0.5, 0.6) is 5.75 Å². The van der Waals surface area contributed by atoms with Gasteiger partial charge in [-0.1, -0.05) is 42.5 Å². The molecule has 1 fully saturated rings. The minimum absolute atomic E-state index is 0.00971. The number of alkyl halides is 2. The van der Waals surface area contributed by atoms with Gasteiger partial charge in [-0.3, -0.25) is 9.69 Å². The summed E-state index contributed by atoms with van der Waals surface area (Å²) in [6.07, 6.45) is 2.93. The molecule has 0 atom stereocenters. The van der Waals surface area contributed by atoms with Gasteiger partial charge in [-0.05, 0) is 42.5 Å². The fraction of sp³-hybridized carbons (Fsp3) is 0.381. The van der Waals surface area contributed by atoms with Crippen molar-refractivity contribution in [2.75, 3.05) is 13.1 Å². The first-order valence-electron chi connectivity index (χ1n) is 9.18. The van der Waals surface area contributed by atoms with E-state index in [1.165, 1.54) is 17.7 Å². The molecule has 0 aromatic heterocycles. The largest absolute Gasteiger partial charge is 0.435 e. The molecule has 0 saturated heterocycles. The molecule has 1 N–H and O–H groups in total.